The number of hydrogen-bond acceptors (Lipinski definition) is 6. The number of thiazole rings is 1. The molecule has 0 bridgehead atoms. The van der Waals surface area contributed by atoms with Crippen LogP contribution in [-0.2, 0) is 0 Å². The Kier molecular flexibility index (Phi) is 4.07. The number of carboxylic acids is 1. The highest BCUT2D eigenvalue weighted by atomic mass is 32.1. The predicted molar refractivity (Wildman–Crippen MR) is 74.1 cm³/mol. The standard InChI is InChI=1S/C12H19N3O3S/c1-7-10(11(17)18)13-12(19-7)15-6-9(16)4-8(15)5-14(2)3/h8-9,16H,4-6H2,1-3H3,(H,17,18). The third-order valence-electron chi connectivity index (χ3n) is 3.20. The topological polar surface area (TPSA) is 76.9 Å². The number of carbonyl (C=O) groups is 1. The van der Waals surface area contributed by atoms with Crippen LogP contribution in [0.25, 0.3) is 0 Å². The number of hydrogen-bond donors (Lipinski definition) is 2. The molecule has 2 N–H and O–H groups in total. The number of aliphatic hydroxyl groups is 1. The van der Waals surface area contributed by atoms with Crippen molar-refractivity contribution in [3.63, 3.8) is 0 Å². The first-order valence-electron chi connectivity index (χ1n) is 6.18. The van der Waals surface area contributed by atoms with Crippen molar-refractivity contribution in [1.29, 1.82) is 0 Å². The summed E-state index contributed by atoms with van der Waals surface area (Å²) in [6.45, 7) is 3.10. The Morgan fingerprint density at radius 3 is 2.79 bits per heavy atom. The number of likely N-dealkylation sites (N-methyl/N-ethyl adjacent to an activating group) is 1. The fraction of sp³-hybridized carbons (Fsp3) is 0.667. The zero-order chi connectivity index (χ0) is 14.2. The number of rotatable bonds is 4. The summed E-state index contributed by atoms with van der Waals surface area (Å²) in [5.41, 5.74) is 0.116. The summed E-state index contributed by atoms with van der Waals surface area (Å²) in [6, 6.07) is 0.178. The fourth-order valence-corrected chi connectivity index (χ4v) is 3.41. The van der Waals surface area contributed by atoms with Crippen LogP contribution in [0.15, 0.2) is 0 Å². The molecule has 0 saturated carbocycles. The van der Waals surface area contributed by atoms with Crippen LogP contribution in [0.4, 0.5) is 5.13 Å². The van der Waals surface area contributed by atoms with Gasteiger partial charge in [0, 0.05) is 24.0 Å². The highest BCUT2D eigenvalue weighted by Crippen LogP contribution is 2.31. The molecule has 1 aliphatic heterocycles. The minimum absolute atomic E-state index is 0.116. The quantitative estimate of drug-likeness (QED) is 0.846. The molecular weight excluding hydrogens is 266 g/mol. The molecule has 2 rings (SSSR count). The van der Waals surface area contributed by atoms with Gasteiger partial charge < -0.3 is 20.0 Å². The molecule has 1 fully saturated rings. The molecule has 1 aromatic rings. The second kappa shape index (κ2) is 5.44. The Bertz CT molecular complexity index is 475. The van der Waals surface area contributed by atoms with Crippen LogP contribution in [0.5, 0.6) is 0 Å². The van der Waals surface area contributed by atoms with Crippen LogP contribution in [-0.4, -0.2) is 65.4 Å². The van der Waals surface area contributed by atoms with Gasteiger partial charge >= 0.3 is 5.97 Å². The summed E-state index contributed by atoms with van der Waals surface area (Å²) in [5, 5.41) is 19.6. The van der Waals surface area contributed by atoms with Crippen molar-refractivity contribution in [1.82, 2.24) is 9.88 Å². The van der Waals surface area contributed by atoms with E-state index in [1.165, 1.54) is 11.3 Å². The number of aliphatic hydroxyl groups excluding tert-OH is 1. The van der Waals surface area contributed by atoms with Gasteiger partial charge in [-0.05, 0) is 27.4 Å². The number of nitrogens with zero attached hydrogens (tertiary/aromatic N) is 3. The Morgan fingerprint density at radius 1 is 1.58 bits per heavy atom. The maximum atomic E-state index is 11.0. The molecule has 6 nitrogen and oxygen atoms in total. The highest BCUT2D eigenvalue weighted by Gasteiger charge is 2.33. The number of aryl methyl sites for hydroxylation is 1. The lowest BCUT2D eigenvalue weighted by molar-refractivity contribution is 0.0690. The summed E-state index contributed by atoms with van der Waals surface area (Å²) < 4.78 is 0. The Labute approximate surface area is 116 Å². The molecule has 0 amide bonds. The van der Waals surface area contributed by atoms with E-state index in [0.717, 1.165) is 6.54 Å². The van der Waals surface area contributed by atoms with Crippen LogP contribution >= 0.6 is 11.3 Å². The van der Waals surface area contributed by atoms with E-state index in [0.29, 0.717) is 23.0 Å². The minimum atomic E-state index is -0.996. The summed E-state index contributed by atoms with van der Waals surface area (Å²) >= 11 is 1.38. The highest BCUT2D eigenvalue weighted by molar-refractivity contribution is 7.15. The van der Waals surface area contributed by atoms with Crippen molar-refractivity contribution in [2.24, 2.45) is 0 Å². The zero-order valence-corrected chi connectivity index (χ0v) is 12.1. The normalized spacial score (nSPS) is 23.3. The van der Waals surface area contributed by atoms with Crippen LogP contribution in [0.3, 0.4) is 0 Å². The number of anilines is 1. The fourth-order valence-electron chi connectivity index (χ4n) is 2.42. The maximum Gasteiger partial charge on any atom is 0.355 e. The van der Waals surface area contributed by atoms with Crippen molar-refractivity contribution in [2.45, 2.75) is 25.5 Å². The first-order chi connectivity index (χ1) is 8.88. The molecule has 0 radical (unpaired) electrons. The summed E-state index contributed by atoms with van der Waals surface area (Å²) in [7, 11) is 3.97. The molecule has 1 aromatic heterocycles. The number of aromatic nitrogens is 1. The van der Waals surface area contributed by atoms with E-state index in [9.17, 15) is 9.90 Å². The van der Waals surface area contributed by atoms with Crippen LogP contribution in [0, 0.1) is 6.92 Å². The maximum absolute atomic E-state index is 11.0. The van der Waals surface area contributed by atoms with Crippen molar-refractivity contribution in [3.8, 4) is 0 Å². The Morgan fingerprint density at radius 2 is 2.26 bits per heavy atom. The lowest BCUT2D eigenvalue weighted by Gasteiger charge is -2.26. The lowest BCUT2D eigenvalue weighted by Crippen LogP contribution is -2.37. The van der Waals surface area contributed by atoms with Gasteiger partial charge in [-0.25, -0.2) is 9.78 Å². The molecule has 19 heavy (non-hydrogen) atoms. The van der Waals surface area contributed by atoms with Gasteiger partial charge in [-0.2, -0.15) is 0 Å². The second-order valence-corrected chi connectivity index (χ2v) is 6.35. The van der Waals surface area contributed by atoms with E-state index in [-0.39, 0.29) is 17.8 Å². The molecule has 0 spiro atoms. The van der Waals surface area contributed by atoms with Gasteiger partial charge in [0.2, 0.25) is 0 Å². The third-order valence-corrected chi connectivity index (χ3v) is 4.21. The van der Waals surface area contributed by atoms with E-state index in [1.807, 2.05) is 19.0 Å². The second-order valence-electron chi connectivity index (χ2n) is 5.16. The van der Waals surface area contributed by atoms with E-state index >= 15 is 0 Å². The van der Waals surface area contributed by atoms with Gasteiger partial charge in [0.1, 0.15) is 0 Å². The largest absolute Gasteiger partial charge is 0.476 e. The van der Waals surface area contributed by atoms with Crippen molar-refractivity contribution in [3.05, 3.63) is 10.6 Å². The van der Waals surface area contributed by atoms with Gasteiger partial charge in [0.05, 0.1) is 6.10 Å². The van der Waals surface area contributed by atoms with Gasteiger partial charge in [-0.1, -0.05) is 0 Å². The Hall–Kier alpha value is -1.18. The third kappa shape index (κ3) is 3.05. The summed E-state index contributed by atoms with van der Waals surface area (Å²) in [4.78, 5) is 20.0. The van der Waals surface area contributed by atoms with Gasteiger partial charge in [-0.3, -0.25) is 0 Å². The van der Waals surface area contributed by atoms with E-state index in [1.54, 1.807) is 6.92 Å². The molecule has 2 atom stereocenters. The smallest absolute Gasteiger partial charge is 0.355 e. The number of β-amino-alcohol motifs (C(OH)–C–C–N with tert-alkyl or cyclic N) is 1. The van der Waals surface area contributed by atoms with Crippen molar-refractivity contribution in [2.75, 3.05) is 32.1 Å². The van der Waals surface area contributed by atoms with Crippen molar-refractivity contribution >= 4 is 22.4 Å². The molecule has 7 heteroatoms. The first kappa shape index (κ1) is 14.2. The lowest BCUT2D eigenvalue weighted by atomic mass is 10.2. The molecule has 2 unspecified atom stereocenters. The molecule has 106 valence electrons. The molecule has 0 aromatic carbocycles. The monoisotopic (exact) mass is 285 g/mol. The van der Waals surface area contributed by atoms with Crippen LogP contribution in [0.2, 0.25) is 0 Å². The van der Waals surface area contributed by atoms with Gasteiger partial charge in [0.15, 0.2) is 10.8 Å². The summed E-state index contributed by atoms with van der Waals surface area (Å²) in [6.07, 6.45) is 0.321. The summed E-state index contributed by atoms with van der Waals surface area (Å²) in [5.74, 6) is -0.996. The Balaban J connectivity index is 2.23. The van der Waals surface area contributed by atoms with E-state index < -0.39 is 5.97 Å². The molecule has 1 aliphatic rings. The van der Waals surface area contributed by atoms with Crippen LogP contribution < -0.4 is 4.90 Å². The average Bonchev–Trinajstić information content (AvgIpc) is 2.81. The van der Waals surface area contributed by atoms with Crippen molar-refractivity contribution < 1.29 is 15.0 Å². The van der Waals surface area contributed by atoms with Gasteiger partial charge in [0.25, 0.3) is 0 Å². The molecule has 1 saturated heterocycles. The van der Waals surface area contributed by atoms with Crippen LogP contribution in [0.1, 0.15) is 21.8 Å². The zero-order valence-electron chi connectivity index (χ0n) is 11.3. The van der Waals surface area contributed by atoms with Gasteiger partial charge in [-0.15, -0.1) is 11.3 Å². The minimum Gasteiger partial charge on any atom is -0.476 e. The SMILES string of the molecule is Cc1sc(N2CC(O)CC2CN(C)C)nc1C(=O)O. The van der Waals surface area contributed by atoms with E-state index in [2.05, 4.69) is 9.88 Å². The predicted octanol–water partition coefficient (Wildman–Crippen LogP) is 0.651. The number of carboxylic acid groups (broad SMARTS) is 1. The molecule has 2 heterocycles. The molecule has 0 aliphatic carbocycles. The average molecular weight is 285 g/mol. The van der Waals surface area contributed by atoms with E-state index in [4.69, 9.17) is 5.11 Å². The first-order valence-corrected chi connectivity index (χ1v) is 7.00. The molecular formula is C12H19N3O3S. The number of aromatic carboxylic acids is 1.